The SMILES string of the molecule is Nc1ccc2cc(S(=O)(=O)O)cc(O)c2c1.[Ag]. The second kappa shape index (κ2) is 4.67. The second-order valence-corrected chi connectivity index (χ2v) is 4.82. The number of anilines is 1. The van der Waals surface area contributed by atoms with Crippen molar-refractivity contribution in [2.45, 2.75) is 4.90 Å². The van der Waals surface area contributed by atoms with E-state index in [1.54, 1.807) is 12.1 Å². The van der Waals surface area contributed by atoms with E-state index >= 15 is 0 Å². The van der Waals surface area contributed by atoms with Gasteiger partial charge in [-0.25, -0.2) is 0 Å². The first-order chi connectivity index (χ1) is 7.38. The quantitative estimate of drug-likeness (QED) is 0.411. The Morgan fingerprint density at radius 2 is 1.76 bits per heavy atom. The molecule has 2 aromatic carbocycles. The zero-order valence-electron chi connectivity index (χ0n) is 8.38. The summed E-state index contributed by atoms with van der Waals surface area (Å²) >= 11 is 0. The zero-order chi connectivity index (χ0) is 11.9. The van der Waals surface area contributed by atoms with Crippen LogP contribution in [0.2, 0.25) is 0 Å². The van der Waals surface area contributed by atoms with Crippen LogP contribution in [-0.2, 0) is 32.5 Å². The van der Waals surface area contributed by atoms with E-state index in [1.807, 2.05) is 0 Å². The summed E-state index contributed by atoms with van der Waals surface area (Å²) in [6.45, 7) is 0. The van der Waals surface area contributed by atoms with Crippen molar-refractivity contribution in [3.8, 4) is 5.75 Å². The number of aromatic hydroxyl groups is 1. The van der Waals surface area contributed by atoms with Crippen molar-refractivity contribution in [2.75, 3.05) is 5.73 Å². The Morgan fingerprint density at radius 1 is 1.12 bits per heavy atom. The summed E-state index contributed by atoms with van der Waals surface area (Å²) in [6, 6.07) is 6.92. The van der Waals surface area contributed by atoms with Gasteiger partial charge in [-0.05, 0) is 23.6 Å². The Morgan fingerprint density at radius 3 is 2.35 bits per heavy atom. The molecule has 5 nitrogen and oxygen atoms in total. The molecule has 0 amide bonds. The summed E-state index contributed by atoms with van der Waals surface area (Å²) in [5.74, 6) is -0.238. The van der Waals surface area contributed by atoms with Crippen LogP contribution < -0.4 is 5.73 Å². The largest absolute Gasteiger partial charge is 0.507 e. The van der Waals surface area contributed by atoms with Gasteiger partial charge in [-0.2, -0.15) is 8.42 Å². The van der Waals surface area contributed by atoms with E-state index in [4.69, 9.17) is 10.3 Å². The number of hydrogen-bond acceptors (Lipinski definition) is 4. The summed E-state index contributed by atoms with van der Waals surface area (Å²) in [5, 5.41) is 10.5. The summed E-state index contributed by atoms with van der Waals surface area (Å²) in [6.07, 6.45) is 0. The fourth-order valence-corrected chi connectivity index (χ4v) is 2.01. The van der Waals surface area contributed by atoms with Crippen LogP contribution in [0.5, 0.6) is 5.75 Å². The maximum absolute atomic E-state index is 10.9. The van der Waals surface area contributed by atoms with Gasteiger partial charge >= 0.3 is 0 Å². The van der Waals surface area contributed by atoms with Gasteiger partial charge in [-0.3, -0.25) is 4.55 Å². The molecule has 0 aliphatic heterocycles. The molecule has 0 unspecified atom stereocenters. The molecule has 4 N–H and O–H groups in total. The van der Waals surface area contributed by atoms with E-state index in [2.05, 4.69) is 0 Å². The number of phenolic OH excluding ortho intramolecular Hbond substituents is 1. The molecule has 0 fully saturated rings. The molecule has 1 radical (unpaired) electrons. The standard InChI is InChI=1S/C10H9NO4S.Ag/c11-7-2-1-6-3-8(16(13,14)15)5-10(12)9(6)4-7;/h1-5,12H,11H2,(H,13,14,15);. The second-order valence-electron chi connectivity index (χ2n) is 3.40. The van der Waals surface area contributed by atoms with Crippen molar-refractivity contribution in [3.05, 3.63) is 30.3 Å². The van der Waals surface area contributed by atoms with Crippen molar-refractivity contribution in [2.24, 2.45) is 0 Å². The molecule has 2 rings (SSSR count). The van der Waals surface area contributed by atoms with Gasteiger partial charge in [-0.1, -0.05) is 6.07 Å². The molecule has 0 heterocycles. The first kappa shape index (κ1) is 14.0. The molecule has 2 aromatic rings. The van der Waals surface area contributed by atoms with Crippen LogP contribution in [0.15, 0.2) is 35.2 Å². The molecule has 95 valence electrons. The molecule has 7 heteroatoms. The fourth-order valence-electron chi connectivity index (χ4n) is 1.48. The number of nitrogen functional groups attached to an aromatic ring is 1. The van der Waals surface area contributed by atoms with Gasteiger partial charge in [0.1, 0.15) is 5.75 Å². The summed E-state index contributed by atoms with van der Waals surface area (Å²) in [5.41, 5.74) is 6.00. The maximum Gasteiger partial charge on any atom is 0.294 e. The molecule has 0 saturated heterocycles. The van der Waals surface area contributed by atoms with E-state index < -0.39 is 10.1 Å². The van der Waals surface area contributed by atoms with E-state index in [1.165, 1.54) is 12.1 Å². The predicted octanol–water partition coefficient (Wildman–Crippen LogP) is 1.37. The number of nitrogens with two attached hydrogens (primary N) is 1. The van der Waals surface area contributed by atoms with Crippen LogP contribution in [0.4, 0.5) is 5.69 Å². The topological polar surface area (TPSA) is 101 Å². The third-order valence-electron chi connectivity index (χ3n) is 2.23. The number of rotatable bonds is 1. The van der Waals surface area contributed by atoms with Crippen molar-refractivity contribution in [1.29, 1.82) is 0 Å². The van der Waals surface area contributed by atoms with E-state index in [0.717, 1.165) is 6.07 Å². The van der Waals surface area contributed by atoms with Gasteiger partial charge in [0.2, 0.25) is 0 Å². The monoisotopic (exact) mass is 346 g/mol. The van der Waals surface area contributed by atoms with Gasteiger partial charge in [0.05, 0.1) is 4.90 Å². The normalized spacial score (nSPS) is 11.1. The van der Waals surface area contributed by atoms with Crippen molar-refractivity contribution in [3.63, 3.8) is 0 Å². The summed E-state index contributed by atoms with van der Waals surface area (Å²) < 4.78 is 30.7. The number of benzene rings is 2. The predicted molar refractivity (Wildman–Crippen MR) is 59.8 cm³/mol. The summed E-state index contributed by atoms with van der Waals surface area (Å²) in [4.78, 5) is -0.345. The first-order valence-corrected chi connectivity index (χ1v) is 5.82. The van der Waals surface area contributed by atoms with Gasteiger partial charge < -0.3 is 10.8 Å². The Balaban J connectivity index is 0.00000144. The molecule has 0 aliphatic carbocycles. The Kier molecular flexibility index (Phi) is 3.85. The van der Waals surface area contributed by atoms with E-state index in [-0.39, 0.29) is 33.0 Å². The molecule has 17 heavy (non-hydrogen) atoms. The van der Waals surface area contributed by atoms with Crippen LogP contribution in [0.3, 0.4) is 0 Å². The Hall–Kier alpha value is -1.05. The molecule has 0 saturated carbocycles. The van der Waals surface area contributed by atoms with E-state index in [0.29, 0.717) is 16.5 Å². The average molecular weight is 347 g/mol. The molecular formula is C10H9AgNO4S. The smallest absolute Gasteiger partial charge is 0.294 e. The molecule has 0 aliphatic rings. The van der Waals surface area contributed by atoms with Crippen molar-refractivity contribution >= 4 is 26.6 Å². The molecule has 0 atom stereocenters. The Bertz CT molecular complexity index is 669. The Labute approximate surface area is 114 Å². The molecule has 0 bridgehead atoms. The van der Waals surface area contributed by atoms with Crippen LogP contribution >= 0.6 is 0 Å². The van der Waals surface area contributed by atoms with Crippen LogP contribution in [-0.4, -0.2) is 18.1 Å². The zero-order valence-corrected chi connectivity index (χ0v) is 10.7. The van der Waals surface area contributed by atoms with Gasteiger partial charge in [-0.15, -0.1) is 0 Å². The number of fused-ring (bicyclic) bond motifs is 1. The van der Waals surface area contributed by atoms with E-state index in [9.17, 15) is 13.5 Å². The van der Waals surface area contributed by atoms with Crippen LogP contribution in [0.25, 0.3) is 10.8 Å². The van der Waals surface area contributed by atoms with Gasteiger partial charge in [0.25, 0.3) is 10.1 Å². The minimum absolute atomic E-state index is 0. The van der Waals surface area contributed by atoms with Crippen molar-refractivity contribution < 1.29 is 40.5 Å². The minimum atomic E-state index is -4.32. The minimum Gasteiger partial charge on any atom is -0.507 e. The van der Waals surface area contributed by atoms with Gasteiger partial charge in [0, 0.05) is 39.5 Å². The maximum atomic E-state index is 10.9. The third-order valence-corrected chi connectivity index (χ3v) is 3.06. The summed E-state index contributed by atoms with van der Waals surface area (Å²) in [7, 11) is -4.32. The van der Waals surface area contributed by atoms with Crippen molar-refractivity contribution in [1.82, 2.24) is 0 Å². The molecular weight excluding hydrogens is 338 g/mol. The fraction of sp³-hybridized carbons (Fsp3) is 0. The number of phenols is 1. The number of hydrogen-bond donors (Lipinski definition) is 3. The van der Waals surface area contributed by atoms with Gasteiger partial charge in [0.15, 0.2) is 0 Å². The molecule has 0 aromatic heterocycles. The average Bonchev–Trinajstić information content (AvgIpc) is 2.17. The van der Waals surface area contributed by atoms with Crippen LogP contribution in [0.1, 0.15) is 0 Å². The molecule has 0 spiro atoms. The first-order valence-electron chi connectivity index (χ1n) is 4.38. The van der Waals surface area contributed by atoms with Crippen LogP contribution in [0, 0.1) is 0 Å². The third kappa shape index (κ3) is 2.80.